The molecule has 0 saturated heterocycles. The molecule has 1 rings (SSSR count). The van der Waals surface area contributed by atoms with Crippen LogP contribution in [0.5, 0.6) is 0 Å². The van der Waals surface area contributed by atoms with Gasteiger partial charge in [0.1, 0.15) is 0 Å². The average molecular weight is 209 g/mol. The molecule has 0 aliphatic rings. The summed E-state index contributed by atoms with van der Waals surface area (Å²) in [4.78, 5) is 4.17. The smallest absolute Gasteiger partial charge is 0.0985 e. The Kier molecular flexibility index (Phi) is 5.92. The highest BCUT2D eigenvalue weighted by molar-refractivity contribution is 5.06. The molecule has 0 aromatic carbocycles. The molecule has 0 amide bonds. The molecule has 0 bridgehead atoms. The van der Waals surface area contributed by atoms with Crippen LogP contribution in [-0.2, 0) is 0 Å². The number of hydrogen-bond donors (Lipinski definition) is 3. The first kappa shape index (κ1) is 12.1. The van der Waals surface area contributed by atoms with Crippen LogP contribution in [-0.4, -0.2) is 23.2 Å². The first-order valence-electron chi connectivity index (χ1n) is 5.35. The Hall–Kier alpha value is -0.970. The summed E-state index contributed by atoms with van der Waals surface area (Å²) in [6.45, 7) is 1.13. The van der Waals surface area contributed by atoms with Crippen molar-refractivity contribution in [2.24, 2.45) is 5.73 Å². The van der Waals surface area contributed by atoms with E-state index in [0.717, 1.165) is 31.5 Å². The molecule has 0 radical (unpaired) electrons. The van der Waals surface area contributed by atoms with Crippen LogP contribution in [0, 0.1) is 0 Å². The Morgan fingerprint density at radius 1 is 1.33 bits per heavy atom. The third-order valence-corrected chi connectivity index (χ3v) is 2.21. The van der Waals surface area contributed by atoms with Gasteiger partial charge in [-0.1, -0.05) is 6.07 Å². The molecule has 4 nitrogen and oxygen atoms in total. The quantitative estimate of drug-likeness (QED) is 0.458. The second-order valence-corrected chi connectivity index (χ2v) is 3.47. The zero-order valence-electron chi connectivity index (χ0n) is 8.89. The largest absolute Gasteiger partial charge is 0.396 e. The summed E-state index contributed by atoms with van der Waals surface area (Å²) in [6, 6.07) is 5.71. The number of aromatic nitrogens is 1. The number of nitrogens with two attached hydrogens (primary N) is 1. The van der Waals surface area contributed by atoms with E-state index in [1.807, 2.05) is 18.2 Å². The highest BCUT2D eigenvalue weighted by Gasteiger charge is 2.04. The molecule has 0 saturated carbocycles. The van der Waals surface area contributed by atoms with Gasteiger partial charge in [0.2, 0.25) is 0 Å². The van der Waals surface area contributed by atoms with Crippen LogP contribution in [0.2, 0.25) is 0 Å². The lowest BCUT2D eigenvalue weighted by atomic mass is 10.2. The van der Waals surface area contributed by atoms with Gasteiger partial charge in [-0.05, 0) is 37.9 Å². The van der Waals surface area contributed by atoms with Crippen molar-refractivity contribution in [2.75, 3.05) is 13.2 Å². The summed E-state index contributed by atoms with van der Waals surface area (Å²) >= 11 is 0. The third kappa shape index (κ3) is 4.88. The number of aliphatic hydroxyl groups excluding tert-OH is 1. The van der Waals surface area contributed by atoms with Gasteiger partial charge in [-0.25, -0.2) is 0 Å². The zero-order chi connectivity index (χ0) is 10.9. The van der Waals surface area contributed by atoms with Gasteiger partial charge in [0.15, 0.2) is 0 Å². The minimum absolute atomic E-state index is 0.194. The normalized spacial score (nSPS) is 12.7. The molecular weight excluding hydrogens is 190 g/mol. The van der Waals surface area contributed by atoms with E-state index in [9.17, 15) is 0 Å². The van der Waals surface area contributed by atoms with Crippen molar-refractivity contribution in [3.8, 4) is 0 Å². The molecule has 0 aliphatic heterocycles. The van der Waals surface area contributed by atoms with E-state index in [2.05, 4.69) is 10.3 Å². The Bertz CT molecular complexity index is 253. The second-order valence-electron chi connectivity index (χ2n) is 3.47. The lowest BCUT2D eigenvalue weighted by Crippen LogP contribution is -2.30. The minimum Gasteiger partial charge on any atom is -0.396 e. The van der Waals surface area contributed by atoms with Crippen LogP contribution < -0.4 is 11.1 Å². The Morgan fingerprint density at radius 2 is 2.20 bits per heavy atom. The van der Waals surface area contributed by atoms with E-state index in [-0.39, 0.29) is 12.8 Å². The Morgan fingerprint density at radius 3 is 2.87 bits per heavy atom. The Balaban J connectivity index is 2.16. The second kappa shape index (κ2) is 7.34. The number of unbranched alkanes of at least 4 members (excludes halogenated alkanes) is 2. The molecule has 4 N–H and O–H groups in total. The topological polar surface area (TPSA) is 71.2 Å². The monoisotopic (exact) mass is 209 g/mol. The summed E-state index contributed by atoms with van der Waals surface area (Å²) in [6.07, 6.45) is 4.46. The van der Waals surface area contributed by atoms with E-state index in [1.165, 1.54) is 0 Å². The van der Waals surface area contributed by atoms with Gasteiger partial charge in [-0.15, -0.1) is 0 Å². The van der Waals surface area contributed by atoms with E-state index in [1.54, 1.807) is 6.20 Å². The first-order valence-corrected chi connectivity index (χ1v) is 5.35. The molecule has 1 atom stereocenters. The van der Waals surface area contributed by atoms with E-state index in [0.29, 0.717) is 0 Å². The molecule has 0 fully saturated rings. The van der Waals surface area contributed by atoms with Crippen molar-refractivity contribution >= 4 is 0 Å². The fraction of sp³-hybridized carbons (Fsp3) is 0.545. The first-order chi connectivity index (χ1) is 7.34. The SMILES string of the molecule is NC(NCCCCCO)c1ccccn1. The standard InChI is InChI=1S/C11H19N3O/c12-11(10-6-2-4-7-13-10)14-8-3-1-5-9-15/h2,4,6-7,11,14-15H,1,3,5,8-9,12H2. The summed E-state index contributed by atoms with van der Waals surface area (Å²) < 4.78 is 0. The lowest BCUT2D eigenvalue weighted by molar-refractivity contribution is 0.282. The molecule has 0 spiro atoms. The number of pyridine rings is 1. The number of rotatable bonds is 7. The fourth-order valence-electron chi connectivity index (χ4n) is 1.34. The van der Waals surface area contributed by atoms with Crippen molar-refractivity contribution in [3.63, 3.8) is 0 Å². The number of nitrogens with one attached hydrogen (secondary N) is 1. The fourth-order valence-corrected chi connectivity index (χ4v) is 1.34. The van der Waals surface area contributed by atoms with Crippen molar-refractivity contribution < 1.29 is 5.11 Å². The predicted octanol–water partition coefficient (Wildman–Crippen LogP) is 0.791. The van der Waals surface area contributed by atoms with Crippen LogP contribution >= 0.6 is 0 Å². The molecule has 1 unspecified atom stereocenters. The maximum Gasteiger partial charge on any atom is 0.0985 e. The van der Waals surface area contributed by atoms with Crippen molar-refractivity contribution in [1.29, 1.82) is 0 Å². The van der Waals surface area contributed by atoms with Gasteiger partial charge in [-0.2, -0.15) is 0 Å². The molecule has 1 aromatic heterocycles. The molecule has 4 heteroatoms. The van der Waals surface area contributed by atoms with Gasteiger partial charge < -0.3 is 10.8 Å². The molecule has 15 heavy (non-hydrogen) atoms. The summed E-state index contributed by atoms with van der Waals surface area (Å²) in [7, 11) is 0. The average Bonchev–Trinajstić information content (AvgIpc) is 2.30. The van der Waals surface area contributed by atoms with E-state index >= 15 is 0 Å². The molecule has 1 heterocycles. The molecular formula is C11H19N3O. The highest BCUT2D eigenvalue weighted by atomic mass is 16.2. The van der Waals surface area contributed by atoms with Gasteiger partial charge in [0, 0.05) is 12.8 Å². The highest BCUT2D eigenvalue weighted by Crippen LogP contribution is 2.02. The van der Waals surface area contributed by atoms with E-state index < -0.39 is 0 Å². The maximum atomic E-state index is 8.60. The predicted molar refractivity (Wildman–Crippen MR) is 60.1 cm³/mol. The summed E-state index contributed by atoms with van der Waals surface area (Å²) in [5.74, 6) is 0. The van der Waals surface area contributed by atoms with Gasteiger partial charge in [0.25, 0.3) is 0 Å². The van der Waals surface area contributed by atoms with Crippen LogP contribution in [0.25, 0.3) is 0 Å². The summed E-state index contributed by atoms with van der Waals surface area (Å²) in [5, 5.41) is 11.8. The van der Waals surface area contributed by atoms with Crippen molar-refractivity contribution in [1.82, 2.24) is 10.3 Å². The molecule has 84 valence electrons. The maximum absolute atomic E-state index is 8.60. The van der Waals surface area contributed by atoms with Gasteiger partial charge in [0.05, 0.1) is 11.9 Å². The van der Waals surface area contributed by atoms with Gasteiger partial charge in [-0.3, -0.25) is 10.3 Å². The third-order valence-electron chi connectivity index (χ3n) is 2.21. The summed E-state index contributed by atoms with van der Waals surface area (Å²) in [5.41, 5.74) is 6.75. The van der Waals surface area contributed by atoms with Gasteiger partial charge >= 0.3 is 0 Å². The zero-order valence-corrected chi connectivity index (χ0v) is 8.89. The van der Waals surface area contributed by atoms with Crippen LogP contribution in [0.15, 0.2) is 24.4 Å². The Labute approximate surface area is 90.5 Å². The number of aliphatic hydroxyl groups is 1. The minimum atomic E-state index is -0.194. The van der Waals surface area contributed by atoms with Crippen LogP contribution in [0.1, 0.15) is 31.1 Å². The molecule has 0 aliphatic carbocycles. The lowest BCUT2D eigenvalue weighted by Gasteiger charge is -2.12. The van der Waals surface area contributed by atoms with Crippen LogP contribution in [0.3, 0.4) is 0 Å². The molecule has 1 aromatic rings. The number of hydrogen-bond acceptors (Lipinski definition) is 4. The van der Waals surface area contributed by atoms with Crippen molar-refractivity contribution in [2.45, 2.75) is 25.4 Å². The van der Waals surface area contributed by atoms with E-state index in [4.69, 9.17) is 10.8 Å². The number of nitrogens with zero attached hydrogens (tertiary/aromatic N) is 1. The van der Waals surface area contributed by atoms with Crippen molar-refractivity contribution in [3.05, 3.63) is 30.1 Å². The van der Waals surface area contributed by atoms with Crippen LogP contribution in [0.4, 0.5) is 0 Å².